The summed E-state index contributed by atoms with van der Waals surface area (Å²) in [5, 5.41) is 0. The van der Waals surface area contributed by atoms with Crippen molar-refractivity contribution in [1.29, 1.82) is 0 Å². The first-order valence-electron chi connectivity index (χ1n) is 6.76. The number of nitrogens with two attached hydrogens (primary N) is 1. The van der Waals surface area contributed by atoms with Gasteiger partial charge in [-0.15, -0.1) is 0 Å². The van der Waals surface area contributed by atoms with Gasteiger partial charge in [0.15, 0.2) is 0 Å². The van der Waals surface area contributed by atoms with Crippen LogP contribution in [0.4, 0.5) is 0 Å². The minimum absolute atomic E-state index is 0.0198. The summed E-state index contributed by atoms with van der Waals surface area (Å²) in [7, 11) is 2.10. The number of rotatable bonds is 2. The third-order valence-electron chi connectivity index (χ3n) is 3.59. The van der Waals surface area contributed by atoms with Crippen molar-refractivity contribution in [2.75, 3.05) is 26.7 Å². The highest BCUT2D eigenvalue weighted by Crippen LogP contribution is 2.12. The number of amides is 1. The van der Waals surface area contributed by atoms with E-state index < -0.39 is 0 Å². The highest BCUT2D eigenvalue weighted by molar-refractivity contribution is 5.92. The van der Waals surface area contributed by atoms with Crippen LogP contribution in [0.1, 0.15) is 29.4 Å². The van der Waals surface area contributed by atoms with Crippen LogP contribution in [0.25, 0.3) is 0 Å². The average Bonchev–Trinajstić information content (AvgIpc) is 2.58. The van der Waals surface area contributed by atoms with Crippen LogP contribution in [0.5, 0.6) is 0 Å². The predicted octanol–water partition coefficient (Wildman–Crippen LogP) is 0.707. The average molecular weight is 262 g/mol. The molecule has 2 N–H and O–H groups in total. The molecular weight excluding hydrogens is 240 g/mol. The molecule has 0 radical (unpaired) electrons. The Morgan fingerprint density at radius 3 is 2.89 bits per heavy atom. The van der Waals surface area contributed by atoms with E-state index in [-0.39, 0.29) is 11.9 Å². The molecule has 5 nitrogen and oxygen atoms in total. The number of pyridine rings is 1. The summed E-state index contributed by atoms with van der Waals surface area (Å²) >= 11 is 0. The highest BCUT2D eigenvalue weighted by Gasteiger charge is 2.25. The second kappa shape index (κ2) is 6.12. The maximum atomic E-state index is 12.5. The molecule has 5 heteroatoms. The van der Waals surface area contributed by atoms with Crippen LogP contribution in [-0.4, -0.2) is 53.4 Å². The Balaban J connectivity index is 2.12. The van der Waals surface area contributed by atoms with E-state index in [1.807, 2.05) is 11.0 Å². The van der Waals surface area contributed by atoms with E-state index in [4.69, 9.17) is 5.73 Å². The molecule has 1 amide bonds. The molecule has 0 spiro atoms. The Morgan fingerprint density at radius 2 is 2.26 bits per heavy atom. The zero-order valence-electron chi connectivity index (χ0n) is 11.7. The van der Waals surface area contributed by atoms with Crippen LogP contribution in [0, 0.1) is 0 Å². The Labute approximate surface area is 114 Å². The third-order valence-corrected chi connectivity index (χ3v) is 3.59. The molecule has 1 atom stereocenters. The van der Waals surface area contributed by atoms with E-state index in [0.717, 1.165) is 31.6 Å². The molecule has 19 heavy (non-hydrogen) atoms. The summed E-state index contributed by atoms with van der Waals surface area (Å²) < 4.78 is 0. The Bertz CT molecular complexity index is 432. The molecule has 104 valence electrons. The fourth-order valence-corrected chi connectivity index (χ4v) is 2.49. The van der Waals surface area contributed by atoms with Gasteiger partial charge in [0.2, 0.25) is 0 Å². The molecule has 1 aromatic heterocycles. The van der Waals surface area contributed by atoms with Crippen LogP contribution < -0.4 is 5.73 Å². The maximum absolute atomic E-state index is 12.5. The Morgan fingerprint density at radius 1 is 1.47 bits per heavy atom. The second-order valence-corrected chi connectivity index (χ2v) is 5.22. The highest BCUT2D eigenvalue weighted by atomic mass is 16.2. The molecule has 1 aliphatic rings. The smallest absolute Gasteiger partial charge is 0.272 e. The van der Waals surface area contributed by atoms with Crippen LogP contribution >= 0.6 is 0 Å². The number of carbonyl (C=O) groups is 1. The number of carbonyl (C=O) groups excluding carboxylic acids is 1. The van der Waals surface area contributed by atoms with Crippen molar-refractivity contribution in [2.45, 2.75) is 25.9 Å². The normalized spacial score (nSPS) is 21.2. The molecule has 1 unspecified atom stereocenters. The van der Waals surface area contributed by atoms with Gasteiger partial charge in [-0.3, -0.25) is 9.78 Å². The van der Waals surface area contributed by atoms with Crippen LogP contribution in [0.15, 0.2) is 18.3 Å². The van der Waals surface area contributed by atoms with Gasteiger partial charge in [0, 0.05) is 31.9 Å². The SMILES string of the molecule is CC1CN(C)CCCN1C(=O)c1ccc(CN)cn1. The number of aromatic nitrogens is 1. The first-order valence-corrected chi connectivity index (χ1v) is 6.76. The van der Waals surface area contributed by atoms with Gasteiger partial charge >= 0.3 is 0 Å². The summed E-state index contributed by atoms with van der Waals surface area (Å²) in [6.07, 6.45) is 2.69. The van der Waals surface area contributed by atoms with Gasteiger partial charge < -0.3 is 15.5 Å². The fraction of sp³-hybridized carbons (Fsp3) is 0.571. The number of hydrogen-bond donors (Lipinski definition) is 1. The molecule has 0 aromatic carbocycles. The van der Waals surface area contributed by atoms with Crippen molar-refractivity contribution in [3.63, 3.8) is 0 Å². The molecule has 2 rings (SSSR count). The van der Waals surface area contributed by atoms with Crippen molar-refractivity contribution in [1.82, 2.24) is 14.8 Å². The summed E-state index contributed by atoms with van der Waals surface area (Å²) in [5.41, 5.74) is 6.99. The largest absolute Gasteiger partial charge is 0.333 e. The number of nitrogens with zero attached hydrogens (tertiary/aromatic N) is 3. The summed E-state index contributed by atoms with van der Waals surface area (Å²) in [4.78, 5) is 20.9. The predicted molar refractivity (Wildman–Crippen MR) is 74.7 cm³/mol. The van der Waals surface area contributed by atoms with Gasteiger partial charge in [-0.2, -0.15) is 0 Å². The van der Waals surface area contributed by atoms with Gasteiger partial charge in [-0.1, -0.05) is 6.07 Å². The van der Waals surface area contributed by atoms with Crippen LogP contribution in [-0.2, 0) is 6.54 Å². The monoisotopic (exact) mass is 262 g/mol. The van der Waals surface area contributed by atoms with E-state index in [2.05, 4.69) is 23.9 Å². The summed E-state index contributed by atoms with van der Waals surface area (Å²) in [6.45, 7) is 5.28. The van der Waals surface area contributed by atoms with Gasteiger partial charge in [0.05, 0.1) is 0 Å². The van der Waals surface area contributed by atoms with E-state index in [1.54, 1.807) is 12.3 Å². The molecular formula is C14H22N4O. The maximum Gasteiger partial charge on any atom is 0.272 e. The topological polar surface area (TPSA) is 62.5 Å². The Kier molecular flexibility index (Phi) is 4.50. The minimum atomic E-state index is 0.0198. The lowest BCUT2D eigenvalue weighted by Crippen LogP contribution is -2.42. The van der Waals surface area contributed by atoms with Crippen LogP contribution in [0.3, 0.4) is 0 Å². The molecule has 2 heterocycles. The fourth-order valence-electron chi connectivity index (χ4n) is 2.49. The van der Waals surface area contributed by atoms with Crippen molar-refractivity contribution in [3.8, 4) is 0 Å². The lowest BCUT2D eigenvalue weighted by atomic mass is 10.2. The molecule has 1 aliphatic heterocycles. The van der Waals surface area contributed by atoms with Gasteiger partial charge in [0.25, 0.3) is 5.91 Å². The molecule has 0 saturated carbocycles. The number of likely N-dealkylation sites (N-methyl/N-ethyl adjacent to an activating group) is 1. The molecule has 1 saturated heterocycles. The minimum Gasteiger partial charge on any atom is -0.333 e. The van der Waals surface area contributed by atoms with E-state index in [1.165, 1.54) is 0 Å². The lowest BCUT2D eigenvalue weighted by molar-refractivity contribution is 0.0690. The standard InChI is InChI=1S/C14H22N4O/c1-11-10-17(2)6-3-7-18(11)14(19)13-5-4-12(8-15)9-16-13/h4-5,9,11H,3,6-8,10,15H2,1-2H3. The zero-order chi connectivity index (χ0) is 13.8. The van der Waals surface area contributed by atoms with E-state index in [0.29, 0.717) is 12.2 Å². The quantitative estimate of drug-likeness (QED) is 0.852. The van der Waals surface area contributed by atoms with E-state index >= 15 is 0 Å². The first kappa shape index (κ1) is 14.0. The molecule has 0 aliphatic carbocycles. The zero-order valence-corrected chi connectivity index (χ0v) is 11.7. The number of hydrogen-bond acceptors (Lipinski definition) is 4. The van der Waals surface area contributed by atoms with E-state index in [9.17, 15) is 4.79 Å². The van der Waals surface area contributed by atoms with Gasteiger partial charge in [-0.05, 0) is 38.6 Å². The Hall–Kier alpha value is -1.46. The van der Waals surface area contributed by atoms with Gasteiger partial charge in [-0.25, -0.2) is 0 Å². The van der Waals surface area contributed by atoms with Crippen molar-refractivity contribution < 1.29 is 4.79 Å². The second-order valence-electron chi connectivity index (χ2n) is 5.22. The van der Waals surface area contributed by atoms with Crippen LogP contribution in [0.2, 0.25) is 0 Å². The molecule has 0 bridgehead atoms. The lowest BCUT2D eigenvalue weighted by Gasteiger charge is -2.27. The molecule has 1 fully saturated rings. The first-order chi connectivity index (χ1) is 9.11. The molecule has 1 aromatic rings. The van der Waals surface area contributed by atoms with Crippen molar-refractivity contribution in [3.05, 3.63) is 29.6 Å². The van der Waals surface area contributed by atoms with Crippen molar-refractivity contribution >= 4 is 5.91 Å². The van der Waals surface area contributed by atoms with Gasteiger partial charge in [0.1, 0.15) is 5.69 Å². The van der Waals surface area contributed by atoms with Crippen molar-refractivity contribution in [2.24, 2.45) is 5.73 Å². The third kappa shape index (κ3) is 3.30. The summed E-state index contributed by atoms with van der Waals surface area (Å²) in [5.74, 6) is 0.0198. The summed E-state index contributed by atoms with van der Waals surface area (Å²) in [6, 6.07) is 3.86.